The van der Waals surface area contributed by atoms with Crippen molar-refractivity contribution >= 4 is 51.3 Å². The number of nitro benzene ring substituents is 1. The maximum Gasteiger partial charge on any atom is 0.270 e. The summed E-state index contributed by atoms with van der Waals surface area (Å²) in [5.41, 5.74) is 6.73. The van der Waals surface area contributed by atoms with Crippen LogP contribution in [0.3, 0.4) is 0 Å². The van der Waals surface area contributed by atoms with Crippen LogP contribution >= 0.6 is 11.8 Å². The predicted molar refractivity (Wildman–Crippen MR) is 118 cm³/mol. The zero-order valence-corrected chi connectivity index (χ0v) is 17.6. The number of carbonyl (C=O) groups is 2. The highest BCUT2D eigenvalue weighted by atomic mass is 32.2. The third-order valence-corrected chi connectivity index (χ3v) is 5.48. The van der Waals surface area contributed by atoms with Gasteiger partial charge in [0.2, 0.25) is 11.1 Å². The first kappa shape index (κ1) is 21.2. The smallest absolute Gasteiger partial charge is 0.270 e. The van der Waals surface area contributed by atoms with Gasteiger partial charge in [-0.05, 0) is 19.1 Å². The van der Waals surface area contributed by atoms with Crippen molar-refractivity contribution in [2.24, 2.45) is 0 Å². The molecule has 2 heterocycles. The monoisotopic (exact) mass is 451 g/mol. The SMILES string of the molecule is CCn1c2ccccc2c2nnc(SCC(=O)NNC(=O)c3cccc([N+](=O)[O-])c3)nc21. The minimum absolute atomic E-state index is 0.0533. The quantitative estimate of drug-likeness (QED) is 0.258. The maximum absolute atomic E-state index is 12.1. The number of amides is 2. The molecule has 4 rings (SSSR count). The molecule has 0 atom stereocenters. The topological polar surface area (TPSA) is 145 Å². The van der Waals surface area contributed by atoms with E-state index in [1.165, 1.54) is 18.2 Å². The van der Waals surface area contributed by atoms with Gasteiger partial charge in [0.1, 0.15) is 5.52 Å². The van der Waals surface area contributed by atoms with Gasteiger partial charge in [-0.1, -0.05) is 36.0 Å². The summed E-state index contributed by atoms with van der Waals surface area (Å²) >= 11 is 1.08. The summed E-state index contributed by atoms with van der Waals surface area (Å²) in [5.74, 6) is -1.22. The molecule has 32 heavy (non-hydrogen) atoms. The lowest BCUT2D eigenvalue weighted by atomic mass is 10.2. The van der Waals surface area contributed by atoms with Crippen LogP contribution in [0, 0.1) is 10.1 Å². The van der Waals surface area contributed by atoms with Gasteiger partial charge in [-0.15, -0.1) is 10.2 Å². The number of non-ortho nitro benzene ring substituents is 1. The average Bonchev–Trinajstić information content (AvgIpc) is 3.14. The lowest BCUT2D eigenvalue weighted by molar-refractivity contribution is -0.384. The molecule has 0 spiro atoms. The number of hydrogen-bond donors (Lipinski definition) is 2. The molecule has 2 aromatic carbocycles. The molecule has 162 valence electrons. The van der Waals surface area contributed by atoms with Crippen LogP contribution in [0.25, 0.3) is 22.1 Å². The number of thioether (sulfide) groups is 1. The van der Waals surface area contributed by atoms with E-state index in [1.807, 2.05) is 35.8 Å². The molecule has 11 nitrogen and oxygen atoms in total. The lowest BCUT2D eigenvalue weighted by Gasteiger charge is -2.07. The molecule has 0 aliphatic carbocycles. The second-order valence-corrected chi connectivity index (χ2v) is 7.57. The van der Waals surface area contributed by atoms with Gasteiger partial charge >= 0.3 is 0 Å². The van der Waals surface area contributed by atoms with Gasteiger partial charge < -0.3 is 4.57 Å². The summed E-state index contributed by atoms with van der Waals surface area (Å²) in [7, 11) is 0. The van der Waals surface area contributed by atoms with Crippen LogP contribution in [0.15, 0.2) is 53.7 Å². The Labute approximate surface area is 185 Å². The Morgan fingerprint density at radius 3 is 2.72 bits per heavy atom. The molecular formula is C20H17N7O4S. The van der Waals surface area contributed by atoms with Crippen molar-refractivity contribution in [1.29, 1.82) is 0 Å². The number of aromatic nitrogens is 4. The van der Waals surface area contributed by atoms with E-state index in [1.54, 1.807) is 0 Å². The minimum atomic E-state index is -0.668. The van der Waals surface area contributed by atoms with Gasteiger partial charge in [0, 0.05) is 29.6 Å². The van der Waals surface area contributed by atoms with Gasteiger partial charge in [0.05, 0.1) is 16.2 Å². The molecule has 0 fully saturated rings. The molecule has 0 saturated carbocycles. The van der Waals surface area contributed by atoms with Crippen LogP contribution in [0.4, 0.5) is 5.69 Å². The normalized spacial score (nSPS) is 10.9. The van der Waals surface area contributed by atoms with Crippen LogP contribution in [0.1, 0.15) is 17.3 Å². The molecule has 0 aliphatic heterocycles. The zero-order valence-electron chi connectivity index (χ0n) is 16.8. The molecule has 12 heteroatoms. The van der Waals surface area contributed by atoms with Crippen molar-refractivity contribution in [2.75, 3.05) is 5.75 Å². The molecule has 4 aromatic rings. The number of nitrogens with one attached hydrogen (secondary N) is 2. The maximum atomic E-state index is 12.1. The molecule has 2 aromatic heterocycles. The number of carbonyl (C=O) groups excluding carboxylic acids is 2. The van der Waals surface area contributed by atoms with Crippen molar-refractivity contribution in [3.63, 3.8) is 0 Å². The first-order chi connectivity index (χ1) is 15.5. The summed E-state index contributed by atoms with van der Waals surface area (Å²) in [6, 6.07) is 13.0. The fourth-order valence-electron chi connectivity index (χ4n) is 3.20. The number of benzene rings is 2. The van der Waals surface area contributed by atoms with Crippen molar-refractivity contribution in [3.05, 3.63) is 64.2 Å². The van der Waals surface area contributed by atoms with E-state index in [9.17, 15) is 19.7 Å². The van der Waals surface area contributed by atoms with Crippen molar-refractivity contribution in [2.45, 2.75) is 18.6 Å². The van der Waals surface area contributed by atoms with E-state index in [0.29, 0.717) is 22.9 Å². The molecule has 0 aliphatic rings. The fourth-order valence-corrected chi connectivity index (χ4v) is 3.78. The second kappa shape index (κ2) is 8.98. The summed E-state index contributed by atoms with van der Waals surface area (Å²) in [4.78, 5) is 39.0. The highest BCUT2D eigenvalue weighted by Gasteiger charge is 2.15. The molecule has 0 radical (unpaired) electrons. The Kier molecular flexibility index (Phi) is 5.94. The number of para-hydroxylation sites is 1. The van der Waals surface area contributed by atoms with Crippen molar-refractivity contribution < 1.29 is 14.5 Å². The first-order valence-electron chi connectivity index (χ1n) is 9.56. The van der Waals surface area contributed by atoms with Crippen LogP contribution in [0.2, 0.25) is 0 Å². The Hall–Kier alpha value is -4.06. The second-order valence-electron chi connectivity index (χ2n) is 6.63. The van der Waals surface area contributed by atoms with E-state index < -0.39 is 16.7 Å². The number of rotatable bonds is 6. The summed E-state index contributed by atoms with van der Waals surface area (Å²) < 4.78 is 2.03. The first-order valence-corrected chi connectivity index (χ1v) is 10.5. The number of nitro groups is 1. The van der Waals surface area contributed by atoms with Crippen LogP contribution in [-0.4, -0.2) is 42.2 Å². The molecular weight excluding hydrogens is 434 g/mol. The predicted octanol–water partition coefficient (Wildman–Crippen LogP) is 2.46. The molecule has 0 bridgehead atoms. The number of hydrogen-bond acceptors (Lipinski definition) is 8. The van der Waals surface area contributed by atoms with E-state index in [2.05, 4.69) is 26.0 Å². The molecule has 0 saturated heterocycles. The van der Waals surface area contributed by atoms with Crippen LogP contribution in [0.5, 0.6) is 0 Å². The number of nitrogens with zero attached hydrogens (tertiary/aromatic N) is 5. The summed E-state index contributed by atoms with van der Waals surface area (Å²) in [6.45, 7) is 2.72. The Morgan fingerprint density at radius 1 is 1.12 bits per heavy atom. The Morgan fingerprint density at radius 2 is 1.94 bits per heavy atom. The number of hydrazine groups is 1. The standard InChI is InChI=1S/C20H17N7O4S/c1-2-26-15-9-4-3-8-14(15)17-18(26)21-20(25-23-17)32-11-16(28)22-24-19(29)12-6-5-7-13(10-12)27(30)31/h3-10H,2,11H2,1H3,(H,22,28)(H,24,29). The largest absolute Gasteiger partial charge is 0.324 e. The molecule has 2 amide bonds. The number of fused-ring (bicyclic) bond motifs is 3. The highest BCUT2D eigenvalue weighted by Crippen LogP contribution is 2.26. The Balaban J connectivity index is 1.39. The number of aryl methyl sites for hydroxylation is 1. The fraction of sp³-hybridized carbons (Fsp3) is 0.150. The van der Waals surface area contributed by atoms with Crippen molar-refractivity contribution in [3.8, 4) is 0 Å². The van der Waals surface area contributed by atoms with Gasteiger partial charge in [0.15, 0.2) is 5.65 Å². The van der Waals surface area contributed by atoms with Crippen LogP contribution < -0.4 is 10.9 Å². The van der Waals surface area contributed by atoms with E-state index in [-0.39, 0.29) is 17.0 Å². The highest BCUT2D eigenvalue weighted by molar-refractivity contribution is 7.99. The van der Waals surface area contributed by atoms with Crippen LogP contribution in [-0.2, 0) is 11.3 Å². The third-order valence-electron chi connectivity index (χ3n) is 4.64. The minimum Gasteiger partial charge on any atom is -0.324 e. The van der Waals surface area contributed by atoms with E-state index >= 15 is 0 Å². The van der Waals surface area contributed by atoms with E-state index in [0.717, 1.165) is 28.7 Å². The summed E-state index contributed by atoms with van der Waals surface area (Å²) in [5, 5.41) is 20.5. The average molecular weight is 451 g/mol. The third kappa shape index (κ3) is 4.21. The zero-order chi connectivity index (χ0) is 22.7. The Bertz CT molecular complexity index is 1350. The van der Waals surface area contributed by atoms with Crippen molar-refractivity contribution in [1.82, 2.24) is 30.6 Å². The lowest BCUT2D eigenvalue weighted by Crippen LogP contribution is -2.42. The van der Waals surface area contributed by atoms with Gasteiger partial charge in [-0.25, -0.2) is 4.98 Å². The van der Waals surface area contributed by atoms with Gasteiger partial charge in [-0.2, -0.15) is 0 Å². The molecule has 2 N–H and O–H groups in total. The summed E-state index contributed by atoms with van der Waals surface area (Å²) in [6.07, 6.45) is 0. The van der Waals surface area contributed by atoms with E-state index in [4.69, 9.17) is 0 Å². The van der Waals surface area contributed by atoms with Gasteiger partial charge in [0.25, 0.3) is 11.6 Å². The van der Waals surface area contributed by atoms with Gasteiger partial charge in [-0.3, -0.25) is 30.6 Å². The molecule has 0 unspecified atom stereocenters.